The SMILES string of the molecule is CC1(C)CCN(C2CCC(=O)C2)CC1. The van der Waals surface area contributed by atoms with Crippen LogP contribution in [0.2, 0.25) is 0 Å². The van der Waals surface area contributed by atoms with Gasteiger partial charge in [-0.1, -0.05) is 13.8 Å². The summed E-state index contributed by atoms with van der Waals surface area (Å²) in [4.78, 5) is 13.7. The average Bonchev–Trinajstić information content (AvgIpc) is 2.52. The van der Waals surface area contributed by atoms with Gasteiger partial charge in [0.15, 0.2) is 0 Å². The van der Waals surface area contributed by atoms with Crippen molar-refractivity contribution in [3.8, 4) is 0 Å². The van der Waals surface area contributed by atoms with Crippen LogP contribution in [0.3, 0.4) is 0 Å². The zero-order chi connectivity index (χ0) is 10.2. The number of carbonyl (C=O) groups is 1. The molecule has 2 aliphatic rings. The Morgan fingerprint density at radius 3 is 2.43 bits per heavy atom. The molecular weight excluding hydrogens is 174 g/mol. The Hall–Kier alpha value is -0.370. The van der Waals surface area contributed by atoms with E-state index in [0.29, 0.717) is 17.2 Å². The van der Waals surface area contributed by atoms with Gasteiger partial charge in [0, 0.05) is 18.9 Å². The van der Waals surface area contributed by atoms with Gasteiger partial charge >= 0.3 is 0 Å². The topological polar surface area (TPSA) is 20.3 Å². The van der Waals surface area contributed by atoms with Crippen molar-refractivity contribution >= 4 is 5.78 Å². The second kappa shape index (κ2) is 3.65. The predicted octanol–water partition coefficient (Wildman–Crippen LogP) is 2.23. The molecule has 1 unspecified atom stereocenters. The van der Waals surface area contributed by atoms with Crippen LogP contribution in [0.5, 0.6) is 0 Å². The maximum atomic E-state index is 11.2. The number of piperidine rings is 1. The summed E-state index contributed by atoms with van der Waals surface area (Å²) in [5, 5.41) is 0. The monoisotopic (exact) mass is 195 g/mol. The quantitative estimate of drug-likeness (QED) is 0.639. The molecule has 1 heterocycles. The van der Waals surface area contributed by atoms with Crippen LogP contribution in [0.1, 0.15) is 46.0 Å². The van der Waals surface area contributed by atoms with E-state index in [0.717, 1.165) is 19.3 Å². The van der Waals surface area contributed by atoms with E-state index in [9.17, 15) is 4.79 Å². The van der Waals surface area contributed by atoms with E-state index in [1.807, 2.05) is 0 Å². The largest absolute Gasteiger partial charge is 0.300 e. The van der Waals surface area contributed by atoms with Crippen LogP contribution in [-0.4, -0.2) is 29.8 Å². The van der Waals surface area contributed by atoms with Crippen molar-refractivity contribution in [2.24, 2.45) is 5.41 Å². The van der Waals surface area contributed by atoms with Crippen LogP contribution in [0, 0.1) is 5.41 Å². The molecule has 0 radical (unpaired) electrons. The molecule has 2 heteroatoms. The fraction of sp³-hybridized carbons (Fsp3) is 0.917. The Kier molecular flexibility index (Phi) is 2.65. The Labute approximate surface area is 86.7 Å². The minimum atomic E-state index is 0.472. The summed E-state index contributed by atoms with van der Waals surface area (Å²) in [5.41, 5.74) is 0.527. The van der Waals surface area contributed by atoms with Gasteiger partial charge in [0.1, 0.15) is 5.78 Å². The molecule has 14 heavy (non-hydrogen) atoms. The van der Waals surface area contributed by atoms with Gasteiger partial charge in [-0.3, -0.25) is 9.69 Å². The molecule has 1 saturated carbocycles. The van der Waals surface area contributed by atoms with Gasteiger partial charge in [0.25, 0.3) is 0 Å². The molecule has 0 aromatic carbocycles. The van der Waals surface area contributed by atoms with E-state index in [-0.39, 0.29) is 0 Å². The molecule has 0 aromatic rings. The lowest BCUT2D eigenvalue weighted by Crippen LogP contribution is -2.42. The maximum absolute atomic E-state index is 11.2. The zero-order valence-corrected chi connectivity index (χ0v) is 9.38. The van der Waals surface area contributed by atoms with Gasteiger partial charge < -0.3 is 0 Å². The molecule has 1 atom stereocenters. The third-order valence-electron chi connectivity index (χ3n) is 3.89. The lowest BCUT2D eigenvalue weighted by Gasteiger charge is -2.39. The third kappa shape index (κ3) is 2.17. The maximum Gasteiger partial charge on any atom is 0.134 e. The average molecular weight is 195 g/mol. The Morgan fingerprint density at radius 1 is 1.29 bits per heavy atom. The fourth-order valence-electron chi connectivity index (χ4n) is 2.60. The number of hydrogen-bond acceptors (Lipinski definition) is 2. The molecular formula is C12H21NO. The van der Waals surface area contributed by atoms with E-state index < -0.39 is 0 Å². The standard InChI is InChI=1S/C12H21NO/c1-12(2)5-7-13(8-6-12)10-3-4-11(14)9-10/h10H,3-9H2,1-2H3. The first kappa shape index (κ1) is 10.2. The number of ketones is 1. The first-order valence-corrected chi connectivity index (χ1v) is 5.83. The van der Waals surface area contributed by atoms with Crippen molar-refractivity contribution in [1.82, 2.24) is 4.90 Å². The lowest BCUT2D eigenvalue weighted by atomic mass is 9.82. The number of rotatable bonds is 1. The first-order valence-electron chi connectivity index (χ1n) is 5.83. The molecule has 1 saturated heterocycles. The molecule has 0 aromatic heterocycles. The molecule has 0 spiro atoms. The highest BCUT2D eigenvalue weighted by Crippen LogP contribution is 2.33. The summed E-state index contributed by atoms with van der Waals surface area (Å²) in [6, 6.07) is 0.582. The van der Waals surface area contributed by atoms with E-state index in [1.165, 1.54) is 25.9 Å². The lowest BCUT2D eigenvalue weighted by molar-refractivity contribution is -0.117. The smallest absolute Gasteiger partial charge is 0.134 e. The molecule has 0 N–H and O–H groups in total. The van der Waals surface area contributed by atoms with Crippen LogP contribution < -0.4 is 0 Å². The van der Waals surface area contributed by atoms with Crippen LogP contribution in [0.25, 0.3) is 0 Å². The van der Waals surface area contributed by atoms with E-state index in [1.54, 1.807) is 0 Å². The molecule has 80 valence electrons. The molecule has 0 bridgehead atoms. The second-order valence-corrected chi connectivity index (χ2v) is 5.64. The van der Waals surface area contributed by atoms with Crippen molar-refractivity contribution in [2.45, 2.75) is 52.0 Å². The van der Waals surface area contributed by atoms with Gasteiger partial charge in [-0.15, -0.1) is 0 Å². The first-order chi connectivity index (χ1) is 6.57. The number of nitrogens with zero attached hydrogens (tertiary/aromatic N) is 1. The Morgan fingerprint density at radius 2 is 1.93 bits per heavy atom. The van der Waals surface area contributed by atoms with Crippen LogP contribution in [-0.2, 0) is 4.79 Å². The third-order valence-corrected chi connectivity index (χ3v) is 3.89. The molecule has 2 nitrogen and oxygen atoms in total. The van der Waals surface area contributed by atoms with Crippen LogP contribution in [0.15, 0.2) is 0 Å². The van der Waals surface area contributed by atoms with Crippen molar-refractivity contribution in [3.63, 3.8) is 0 Å². The normalized spacial score (nSPS) is 33.6. The molecule has 0 amide bonds. The van der Waals surface area contributed by atoms with E-state index >= 15 is 0 Å². The van der Waals surface area contributed by atoms with E-state index in [4.69, 9.17) is 0 Å². The van der Waals surface area contributed by atoms with Gasteiger partial charge in [-0.2, -0.15) is 0 Å². The predicted molar refractivity (Wildman–Crippen MR) is 57.2 cm³/mol. The van der Waals surface area contributed by atoms with Crippen molar-refractivity contribution in [3.05, 3.63) is 0 Å². The van der Waals surface area contributed by atoms with Gasteiger partial charge in [-0.25, -0.2) is 0 Å². The minimum absolute atomic E-state index is 0.472. The van der Waals surface area contributed by atoms with Gasteiger partial charge in [0.2, 0.25) is 0 Å². The molecule has 1 aliphatic carbocycles. The summed E-state index contributed by atoms with van der Waals surface area (Å²) in [5.74, 6) is 0.472. The van der Waals surface area contributed by atoms with Gasteiger partial charge in [-0.05, 0) is 37.8 Å². The van der Waals surface area contributed by atoms with E-state index in [2.05, 4.69) is 18.7 Å². The highest BCUT2D eigenvalue weighted by molar-refractivity contribution is 5.81. The summed E-state index contributed by atoms with van der Waals surface area (Å²) < 4.78 is 0. The highest BCUT2D eigenvalue weighted by Gasteiger charge is 2.32. The van der Waals surface area contributed by atoms with Crippen molar-refractivity contribution < 1.29 is 4.79 Å². The van der Waals surface area contributed by atoms with Crippen molar-refractivity contribution in [1.29, 1.82) is 0 Å². The van der Waals surface area contributed by atoms with Gasteiger partial charge in [0.05, 0.1) is 0 Å². The summed E-state index contributed by atoms with van der Waals surface area (Å²) >= 11 is 0. The molecule has 2 fully saturated rings. The molecule has 1 aliphatic heterocycles. The zero-order valence-electron chi connectivity index (χ0n) is 9.38. The Balaban J connectivity index is 1.86. The highest BCUT2D eigenvalue weighted by atomic mass is 16.1. The van der Waals surface area contributed by atoms with Crippen molar-refractivity contribution in [2.75, 3.05) is 13.1 Å². The van der Waals surface area contributed by atoms with Crippen LogP contribution >= 0.6 is 0 Å². The minimum Gasteiger partial charge on any atom is -0.300 e. The van der Waals surface area contributed by atoms with Crippen LogP contribution in [0.4, 0.5) is 0 Å². The molecule has 2 rings (SSSR count). The summed E-state index contributed by atoms with van der Waals surface area (Å²) in [6.07, 6.45) is 5.33. The summed E-state index contributed by atoms with van der Waals surface area (Å²) in [7, 11) is 0. The number of likely N-dealkylation sites (tertiary alicyclic amines) is 1. The number of carbonyl (C=O) groups excluding carboxylic acids is 1. The number of Topliss-reactive ketones (excluding diaryl/α,β-unsaturated/α-hetero) is 1. The summed E-state index contributed by atoms with van der Waals surface area (Å²) in [6.45, 7) is 7.10. The second-order valence-electron chi connectivity index (χ2n) is 5.64. The fourth-order valence-corrected chi connectivity index (χ4v) is 2.60. The Bertz CT molecular complexity index is 224. The number of hydrogen-bond donors (Lipinski definition) is 0.